The lowest BCUT2D eigenvalue weighted by atomic mass is 10.2. The van der Waals surface area contributed by atoms with Gasteiger partial charge in [0.05, 0.1) is 25.0 Å². The molecule has 7 nitrogen and oxygen atoms in total. The molecule has 1 aromatic rings. The van der Waals surface area contributed by atoms with Gasteiger partial charge in [0.25, 0.3) is 0 Å². The molecule has 0 aromatic carbocycles. The number of rotatable bonds is 7. The summed E-state index contributed by atoms with van der Waals surface area (Å²) in [6.45, 7) is 5.49. The van der Waals surface area contributed by atoms with Crippen molar-refractivity contribution in [2.45, 2.75) is 20.4 Å². The van der Waals surface area contributed by atoms with E-state index >= 15 is 0 Å². The standard InChI is InChI=1S/C13H22N4O3/c1-5-17(9-12(18)14-3)8-11-10(7-15-16(11)4)13(19)20-6-2/h7H,5-6,8-9H2,1-4H3,(H,14,18). The number of aryl methyl sites for hydroxylation is 1. The zero-order valence-electron chi connectivity index (χ0n) is 12.5. The van der Waals surface area contributed by atoms with Crippen LogP contribution in [0, 0.1) is 0 Å². The van der Waals surface area contributed by atoms with Crippen molar-refractivity contribution < 1.29 is 14.3 Å². The highest BCUT2D eigenvalue weighted by Gasteiger charge is 2.19. The lowest BCUT2D eigenvalue weighted by molar-refractivity contribution is -0.121. The number of hydrogen-bond acceptors (Lipinski definition) is 5. The van der Waals surface area contributed by atoms with Crippen LogP contribution in [-0.4, -0.2) is 53.3 Å². The Labute approximate surface area is 118 Å². The third-order valence-corrected chi connectivity index (χ3v) is 3.02. The second kappa shape index (κ2) is 7.64. The van der Waals surface area contributed by atoms with E-state index in [-0.39, 0.29) is 18.4 Å². The van der Waals surface area contributed by atoms with Gasteiger partial charge in [-0.15, -0.1) is 0 Å². The molecular formula is C13H22N4O3. The van der Waals surface area contributed by atoms with Crippen molar-refractivity contribution in [3.05, 3.63) is 17.5 Å². The summed E-state index contributed by atoms with van der Waals surface area (Å²) in [5.41, 5.74) is 1.19. The number of likely N-dealkylation sites (N-methyl/N-ethyl adjacent to an activating group) is 2. The Balaban J connectivity index is 2.87. The first kappa shape index (κ1) is 16.2. The fraction of sp³-hybridized carbons (Fsp3) is 0.615. The Bertz CT molecular complexity index is 470. The third-order valence-electron chi connectivity index (χ3n) is 3.02. The molecule has 7 heteroatoms. The zero-order chi connectivity index (χ0) is 15.1. The van der Waals surface area contributed by atoms with E-state index in [4.69, 9.17) is 4.74 Å². The van der Waals surface area contributed by atoms with Crippen LogP contribution < -0.4 is 5.32 Å². The normalized spacial score (nSPS) is 10.7. The van der Waals surface area contributed by atoms with E-state index in [1.807, 2.05) is 11.8 Å². The predicted molar refractivity (Wildman–Crippen MR) is 74.2 cm³/mol. The van der Waals surface area contributed by atoms with Crippen LogP contribution in [0.4, 0.5) is 0 Å². The maximum atomic E-state index is 11.9. The summed E-state index contributed by atoms with van der Waals surface area (Å²) >= 11 is 0. The fourth-order valence-electron chi connectivity index (χ4n) is 1.80. The second-order valence-electron chi connectivity index (χ2n) is 4.33. The highest BCUT2D eigenvalue weighted by molar-refractivity contribution is 5.90. The lowest BCUT2D eigenvalue weighted by Gasteiger charge is -2.20. The van der Waals surface area contributed by atoms with Crippen LogP contribution >= 0.6 is 0 Å². The van der Waals surface area contributed by atoms with Gasteiger partial charge < -0.3 is 10.1 Å². The van der Waals surface area contributed by atoms with Crippen LogP contribution in [0.2, 0.25) is 0 Å². The molecule has 0 radical (unpaired) electrons. The Morgan fingerprint density at radius 3 is 2.70 bits per heavy atom. The molecule has 0 aliphatic heterocycles. The minimum Gasteiger partial charge on any atom is -0.462 e. The van der Waals surface area contributed by atoms with Gasteiger partial charge in [0.2, 0.25) is 5.91 Å². The molecule has 1 aromatic heterocycles. The van der Waals surface area contributed by atoms with Crippen LogP contribution in [0.3, 0.4) is 0 Å². The largest absolute Gasteiger partial charge is 0.462 e. The SMILES string of the molecule is CCOC(=O)c1cnn(C)c1CN(CC)CC(=O)NC. The summed E-state index contributed by atoms with van der Waals surface area (Å²) in [4.78, 5) is 25.2. The summed E-state index contributed by atoms with van der Waals surface area (Å²) < 4.78 is 6.65. The smallest absolute Gasteiger partial charge is 0.341 e. The predicted octanol–water partition coefficient (Wildman–Crippen LogP) is 0.165. The molecule has 0 saturated heterocycles. The number of carbonyl (C=O) groups excluding carboxylic acids is 2. The molecule has 1 amide bonds. The monoisotopic (exact) mass is 282 g/mol. The quantitative estimate of drug-likeness (QED) is 0.721. The van der Waals surface area contributed by atoms with Crippen molar-refractivity contribution in [1.29, 1.82) is 0 Å². The van der Waals surface area contributed by atoms with Gasteiger partial charge in [0, 0.05) is 20.6 Å². The van der Waals surface area contributed by atoms with Crippen LogP contribution in [-0.2, 0) is 23.1 Å². The van der Waals surface area contributed by atoms with Gasteiger partial charge in [0.15, 0.2) is 0 Å². The van der Waals surface area contributed by atoms with Crippen molar-refractivity contribution in [3.63, 3.8) is 0 Å². The Hall–Kier alpha value is -1.89. The molecule has 0 bridgehead atoms. The number of nitrogens with zero attached hydrogens (tertiary/aromatic N) is 3. The molecule has 0 saturated carbocycles. The van der Waals surface area contributed by atoms with E-state index in [2.05, 4.69) is 10.4 Å². The van der Waals surface area contributed by atoms with Gasteiger partial charge in [-0.05, 0) is 13.5 Å². The van der Waals surface area contributed by atoms with E-state index in [0.29, 0.717) is 25.3 Å². The van der Waals surface area contributed by atoms with Crippen LogP contribution in [0.5, 0.6) is 0 Å². The van der Waals surface area contributed by atoms with Crippen molar-refractivity contribution in [2.75, 3.05) is 26.7 Å². The summed E-state index contributed by atoms with van der Waals surface area (Å²) in [5.74, 6) is -0.446. The molecule has 1 rings (SSSR count). The summed E-state index contributed by atoms with van der Waals surface area (Å²) in [6, 6.07) is 0. The average molecular weight is 282 g/mol. The van der Waals surface area contributed by atoms with Crippen molar-refractivity contribution in [1.82, 2.24) is 20.0 Å². The highest BCUT2D eigenvalue weighted by atomic mass is 16.5. The molecule has 1 N–H and O–H groups in total. The Kier molecular flexibility index (Phi) is 6.17. The van der Waals surface area contributed by atoms with Gasteiger partial charge in [-0.2, -0.15) is 5.10 Å². The lowest BCUT2D eigenvalue weighted by Crippen LogP contribution is -2.35. The number of nitrogens with one attached hydrogen (secondary N) is 1. The molecule has 0 atom stereocenters. The van der Waals surface area contributed by atoms with Gasteiger partial charge in [-0.25, -0.2) is 4.79 Å². The number of carbonyl (C=O) groups is 2. The van der Waals surface area contributed by atoms with E-state index in [9.17, 15) is 9.59 Å². The van der Waals surface area contributed by atoms with Gasteiger partial charge in [-0.3, -0.25) is 14.4 Å². The molecule has 0 spiro atoms. The van der Waals surface area contributed by atoms with Crippen LogP contribution in [0.25, 0.3) is 0 Å². The molecular weight excluding hydrogens is 260 g/mol. The molecule has 0 aliphatic carbocycles. The maximum Gasteiger partial charge on any atom is 0.341 e. The fourth-order valence-corrected chi connectivity index (χ4v) is 1.80. The first-order valence-corrected chi connectivity index (χ1v) is 6.64. The number of ether oxygens (including phenoxy) is 1. The minimum atomic E-state index is -0.383. The third kappa shape index (κ3) is 4.06. The number of amides is 1. The topological polar surface area (TPSA) is 76.5 Å². The molecule has 1 heterocycles. The Morgan fingerprint density at radius 1 is 1.45 bits per heavy atom. The van der Waals surface area contributed by atoms with Gasteiger partial charge in [0.1, 0.15) is 5.56 Å². The van der Waals surface area contributed by atoms with E-state index in [1.54, 1.807) is 25.7 Å². The molecule has 0 aliphatic rings. The number of esters is 1. The van der Waals surface area contributed by atoms with Crippen LogP contribution in [0.1, 0.15) is 29.9 Å². The second-order valence-corrected chi connectivity index (χ2v) is 4.33. The molecule has 112 valence electrons. The summed E-state index contributed by atoms with van der Waals surface area (Å²) in [5, 5.41) is 6.68. The summed E-state index contributed by atoms with van der Waals surface area (Å²) in [7, 11) is 3.37. The van der Waals surface area contributed by atoms with Crippen molar-refractivity contribution in [2.24, 2.45) is 7.05 Å². The average Bonchev–Trinajstić information content (AvgIpc) is 2.79. The number of hydrogen-bond donors (Lipinski definition) is 1. The summed E-state index contributed by atoms with van der Waals surface area (Å²) in [6.07, 6.45) is 1.50. The van der Waals surface area contributed by atoms with Gasteiger partial charge >= 0.3 is 5.97 Å². The molecule has 0 fully saturated rings. The van der Waals surface area contributed by atoms with Gasteiger partial charge in [-0.1, -0.05) is 6.92 Å². The van der Waals surface area contributed by atoms with E-state index < -0.39 is 0 Å². The molecule has 0 unspecified atom stereocenters. The first-order chi connectivity index (χ1) is 9.53. The Morgan fingerprint density at radius 2 is 2.15 bits per heavy atom. The van der Waals surface area contributed by atoms with Crippen molar-refractivity contribution >= 4 is 11.9 Å². The molecule has 20 heavy (non-hydrogen) atoms. The van der Waals surface area contributed by atoms with E-state index in [1.165, 1.54) is 6.20 Å². The number of aromatic nitrogens is 2. The van der Waals surface area contributed by atoms with Crippen molar-refractivity contribution in [3.8, 4) is 0 Å². The first-order valence-electron chi connectivity index (χ1n) is 6.64. The van der Waals surface area contributed by atoms with Crippen LogP contribution in [0.15, 0.2) is 6.20 Å². The maximum absolute atomic E-state index is 11.9. The minimum absolute atomic E-state index is 0.0632. The van der Waals surface area contributed by atoms with E-state index in [0.717, 1.165) is 5.69 Å². The zero-order valence-corrected chi connectivity index (χ0v) is 12.5. The highest BCUT2D eigenvalue weighted by Crippen LogP contribution is 2.12.